The summed E-state index contributed by atoms with van der Waals surface area (Å²) >= 11 is 0. The molecule has 1 saturated carbocycles. The highest BCUT2D eigenvalue weighted by atomic mass is 32.2. The second-order valence-electron chi connectivity index (χ2n) is 5.11. The topological polar surface area (TPSA) is 118 Å². The molecule has 1 fully saturated rings. The molecule has 9 heteroatoms. The van der Waals surface area contributed by atoms with E-state index >= 15 is 0 Å². The number of sulfonamides is 1. The molecule has 21 heavy (non-hydrogen) atoms. The molecule has 1 aliphatic rings. The van der Waals surface area contributed by atoms with E-state index in [2.05, 4.69) is 9.44 Å². The smallest absolute Gasteiger partial charge is 0.225 e. The molecule has 0 saturated heterocycles. The molecule has 0 radical (unpaired) electrons. The zero-order valence-electron chi connectivity index (χ0n) is 11.4. The van der Waals surface area contributed by atoms with E-state index in [-0.39, 0.29) is 17.5 Å². The number of rotatable bonds is 6. The summed E-state index contributed by atoms with van der Waals surface area (Å²) in [5.74, 6) is 0. The van der Waals surface area contributed by atoms with Crippen molar-refractivity contribution in [2.24, 2.45) is 5.14 Å². The van der Waals surface area contributed by atoms with Gasteiger partial charge in [0.05, 0.1) is 4.90 Å². The van der Waals surface area contributed by atoms with E-state index in [1.54, 1.807) is 0 Å². The molecule has 0 unspecified atom stereocenters. The Balaban J connectivity index is 1.93. The highest BCUT2D eigenvalue weighted by Crippen LogP contribution is 2.18. The minimum absolute atomic E-state index is 0.00168. The van der Waals surface area contributed by atoms with E-state index in [1.807, 2.05) is 0 Å². The molecule has 1 aromatic carbocycles. The molecular formula is C12H19N3O4S2. The van der Waals surface area contributed by atoms with Crippen molar-refractivity contribution in [2.75, 3.05) is 0 Å². The number of nitrogens with one attached hydrogen (secondary N) is 2. The van der Waals surface area contributed by atoms with Crippen molar-refractivity contribution in [3.8, 4) is 0 Å². The van der Waals surface area contributed by atoms with Crippen LogP contribution in [0.25, 0.3) is 0 Å². The lowest BCUT2D eigenvalue weighted by Gasteiger charge is -2.13. The first-order valence-corrected chi connectivity index (χ1v) is 9.68. The van der Waals surface area contributed by atoms with Crippen molar-refractivity contribution in [3.63, 3.8) is 0 Å². The number of hydrogen-bond donors (Lipinski definition) is 3. The normalized spacial score (nSPS) is 17.2. The summed E-state index contributed by atoms with van der Waals surface area (Å²) in [6.45, 7) is 0.0902. The van der Waals surface area contributed by atoms with Gasteiger partial charge in [0.2, 0.25) is 10.0 Å². The molecule has 4 N–H and O–H groups in total. The quantitative estimate of drug-likeness (QED) is 0.689. The molecule has 0 bridgehead atoms. The van der Waals surface area contributed by atoms with Crippen molar-refractivity contribution in [1.82, 2.24) is 9.44 Å². The first-order chi connectivity index (χ1) is 9.76. The molecule has 0 aromatic heterocycles. The van der Waals surface area contributed by atoms with Crippen LogP contribution in [0.3, 0.4) is 0 Å². The zero-order chi connectivity index (χ0) is 15.5. The minimum Gasteiger partial charge on any atom is -0.225 e. The van der Waals surface area contributed by atoms with Gasteiger partial charge in [-0.1, -0.05) is 25.0 Å². The van der Waals surface area contributed by atoms with Gasteiger partial charge in [0.25, 0.3) is 10.2 Å². The van der Waals surface area contributed by atoms with Crippen molar-refractivity contribution in [1.29, 1.82) is 0 Å². The van der Waals surface area contributed by atoms with E-state index in [4.69, 9.17) is 5.14 Å². The van der Waals surface area contributed by atoms with Gasteiger partial charge in [0.1, 0.15) is 0 Å². The lowest BCUT2D eigenvalue weighted by atomic mass is 10.2. The first-order valence-electron chi connectivity index (χ1n) is 6.65. The summed E-state index contributed by atoms with van der Waals surface area (Å²) in [6, 6.07) is 5.76. The molecule has 0 spiro atoms. The van der Waals surface area contributed by atoms with E-state index in [0.29, 0.717) is 5.56 Å². The number of hydrogen-bond acceptors (Lipinski definition) is 4. The third kappa shape index (κ3) is 5.04. The van der Waals surface area contributed by atoms with Gasteiger partial charge in [-0.25, -0.2) is 13.6 Å². The van der Waals surface area contributed by atoms with Crippen LogP contribution in [0.4, 0.5) is 0 Å². The molecular weight excluding hydrogens is 314 g/mol. The van der Waals surface area contributed by atoms with E-state index < -0.39 is 20.2 Å². The maximum Gasteiger partial charge on any atom is 0.277 e. The SMILES string of the molecule is NS(=O)(=O)c1ccc(CNS(=O)(=O)NC2CCCC2)cc1. The van der Waals surface area contributed by atoms with Gasteiger partial charge in [-0.3, -0.25) is 0 Å². The summed E-state index contributed by atoms with van der Waals surface area (Å²) in [6.07, 6.45) is 3.82. The fraction of sp³-hybridized carbons (Fsp3) is 0.500. The molecule has 0 amide bonds. The third-order valence-corrected chi connectivity index (χ3v) is 5.49. The Morgan fingerprint density at radius 1 is 1.05 bits per heavy atom. The highest BCUT2D eigenvalue weighted by Gasteiger charge is 2.20. The van der Waals surface area contributed by atoms with Crippen LogP contribution in [0.5, 0.6) is 0 Å². The van der Waals surface area contributed by atoms with Gasteiger partial charge >= 0.3 is 0 Å². The average molecular weight is 333 g/mol. The van der Waals surface area contributed by atoms with Crippen molar-refractivity contribution >= 4 is 20.2 Å². The summed E-state index contributed by atoms with van der Waals surface area (Å²) in [5.41, 5.74) is 0.652. The van der Waals surface area contributed by atoms with Gasteiger partial charge in [0, 0.05) is 12.6 Å². The standard InChI is InChI=1S/C12H19N3O4S2/c13-20(16,17)12-7-5-10(6-8-12)9-14-21(18,19)15-11-3-1-2-4-11/h5-8,11,14-15H,1-4,9H2,(H2,13,16,17). The van der Waals surface area contributed by atoms with E-state index in [0.717, 1.165) is 25.7 Å². The Morgan fingerprint density at radius 3 is 2.14 bits per heavy atom. The van der Waals surface area contributed by atoms with Gasteiger partial charge in [0.15, 0.2) is 0 Å². The van der Waals surface area contributed by atoms with Crippen LogP contribution in [0.2, 0.25) is 0 Å². The van der Waals surface area contributed by atoms with Crippen molar-refractivity contribution < 1.29 is 16.8 Å². The maximum absolute atomic E-state index is 11.8. The summed E-state index contributed by atoms with van der Waals surface area (Å²) in [5, 5.41) is 4.99. The monoisotopic (exact) mass is 333 g/mol. The predicted octanol–water partition coefficient (Wildman–Crippen LogP) is 0.201. The molecule has 2 rings (SSSR count). The Kier molecular flexibility index (Phi) is 4.99. The first kappa shape index (κ1) is 16.4. The Labute approximate surface area is 125 Å². The minimum atomic E-state index is -3.73. The number of benzene rings is 1. The molecule has 7 nitrogen and oxygen atoms in total. The summed E-state index contributed by atoms with van der Waals surface area (Å²) < 4.78 is 51.0. The Hall–Kier alpha value is -1.00. The molecule has 0 atom stereocenters. The molecule has 1 aromatic rings. The van der Waals surface area contributed by atoms with Gasteiger partial charge in [-0.15, -0.1) is 0 Å². The highest BCUT2D eigenvalue weighted by molar-refractivity contribution is 7.89. The van der Waals surface area contributed by atoms with E-state index in [9.17, 15) is 16.8 Å². The predicted molar refractivity (Wildman–Crippen MR) is 79.0 cm³/mol. The molecule has 118 valence electrons. The fourth-order valence-electron chi connectivity index (χ4n) is 2.28. The summed E-state index contributed by atoms with van der Waals surface area (Å²) in [7, 11) is -7.27. The maximum atomic E-state index is 11.8. The second-order valence-corrected chi connectivity index (χ2v) is 8.21. The second kappa shape index (κ2) is 6.41. The zero-order valence-corrected chi connectivity index (χ0v) is 13.1. The third-order valence-electron chi connectivity index (χ3n) is 3.40. The largest absolute Gasteiger partial charge is 0.277 e. The van der Waals surface area contributed by atoms with Crippen LogP contribution in [-0.4, -0.2) is 22.9 Å². The number of primary sulfonamides is 1. The fourth-order valence-corrected chi connectivity index (χ4v) is 3.91. The van der Waals surface area contributed by atoms with Crippen LogP contribution in [0.1, 0.15) is 31.2 Å². The van der Waals surface area contributed by atoms with Crippen LogP contribution in [0.15, 0.2) is 29.2 Å². The molecule has 0 heterocycles. The van der Waals surface area contributed by atoms with Crippen molar-refractivity contribution in [2.45, 2.75) is 43.2 Å². The molecule has 0 aliphatic heterocycles. The van der Waals surface area contributed by atoms with Crippen molar-refractivity contribution in [3.05, 3.63) is 29.8 Å². The Morgan fingerprint density at radius 2 is 1.62 bits per heavy atom. The lowest BCUT2D eigenvalue weighted by Crippen LogP contribution is -2.41. The van der Waals surface area contributed by atoms with Crippen LogP contribution < -0.4 is 14.6 Å². The summed E-state index contributed by atoms with van der Waals surface area (Å²) in [4.78, 5) is -0.00168. The number of nitrogens with two attached hydrogens (primary N) is 1. The Bertz CT molecular complexity index is 678. The van der Waals surface area contributed by atoms with Crippen LogP contribution >= 0.6 is 0 Å². The van der Waals surface area contributed by atoms with E-state index in [1.165, 1.54) is 24.3 Å². The molecule has 1 aliphatic carbocycles. The van der Waals surface area contributed by atoms with Gasteiger partial charge < -0.3 is 0 Å². The average Bonchev–Trinajstić information content (AvgIpc) is 2.88. The van der Waals surface area contributed by atoms with Crippen LogP contribution in [-0.2, 0) is 26.8 Å². The van der Waals surface area contributed by atoms with Gasteiger partial charge in [-0.05, 0) is 30.5 Å². The van der Waals surface area contributed by atoms with Gasteiger partial charge in [-0.2, -0.15) is 17.9 Å². The lowest BCUT2D eigenvalue weighted by molar-refractivity contribution is 0.538. The van der Waals surface area contributed by atoms with Crippen LogP contribution in [0, 0.1) is 0 Å².